The first-order valence-electron chi connectivity index (χ1n) is 12.1. The second-order valence-electron chi connectivity index (χ2n) is 11.8. The smallest absolute Gasteiger partial charge is 0.235 e. The van der Waals surface area contributed by atoms with Crippen LogP contribution in [0.25, 0.3) is 0 Å². The number of carbonyl (C=O) groups excluding carboxylic acids is 5. The number of phenolic OH excluding ortho intramolecular Hbond substituents is 1. The van der Waals surface area contributed by atoms with Crippen LogP contribution in [0.5, 0.6) is 5.75 Å². The third-order valence-electron chi connectivity index (χ3n) is 8.34. The second-order valence-corrected chi connectivity index (χ2v) is 11.8. The van der Waals surface area contributed by atoms with Crippen molar-refractivity contribution in [3.63, 3.8) is 0 Å². The lowest BCUT2D eigenvalue weighted by atomic mass is 9.49. The van der Waals surface area contributed by atoms with Crippen LogP contribution in [0, 0.1) is 42.4 Å². The number of primary amides is 1. The first kappa shape index (κ1) is 25.2. The van der Waals surface area contributed by atoms with Gasteiger partial charge in [0.15, 0.2) is 34.7 Å². The molecule has 1 aromatic rings. The summed E-state index contributed by atoms with van der Waals surface area (Å²) >= 11 is 0. The summed E-state index contributed by atoms with van der Waals surface area (Å²) in [5, 5.41) is 22.7. The van der Waals surface area contributed by atoms with Gasteiger partial charge in [0, 0.05) is 17.4 Å². The van der Waals surface area contributed by atoms with Crippen molar-refractivity contribution in [1.82, 2.24) is 0 Å². The van der Waals surface area contributed by atoms with Crippen LogP contribution in [0.2, 0.25) is 0 Å². The Bertz CT molecular complexity index is 1190. The van der Waals surface area contributed by atoms with Crippen LogP contribution in [-0.2, 0) is 31.0 Å². The molecule has 4 N–H and O–H groups in total. The van der Waals surface area contributed by atoms with Crippen LogP contribution in [0.1, 0.15) is 68.1 Å². The van der Waals surface area contributed by atoms with Gasteiger partial charge in [0.25, 0.3) is 0 Å². The van der Waals surface area contributed by atoms with Crippen LogP contribution >= 0.6 is 0 Å². The Labute approximate surface area is 204 Å². The van der Waals surface area contributed by atoms with E-state index in [0.29, 0.717) is 17.5 Å². The number of amides is 1. The summed E-state index contributed by atoms with van der Waals surface area (Å²) in [6.07, 6.45) is 0.380. The summed E-state index contributed by atoms with van der Waals surface area (Å²) in [4.78, 5) is 66.1. The molecule has 6 atom stereocenters. The second kappa shape index (κ2) is 7.82. The van der Waals surface area contributed by atoms with Gasteiger partial charge in [-0.25, -0.2) is 0 Å². The fourth-order valence-corrected chi connectivity index (χ4v) is 6.68. The summed E-state index contributed by atoms with van der Waals surface area (Å²) in [7, 11) is 0. The minimum atomic E-state index is -2.66. The van der Waals surface area contributed by atoms with Crippen LogP contribution in [0.15, 0.2) is 6.07 Å². The van der Waals surface area contributed by atoms with Crippen molar-refractivity contribution in [1.29, 1.82) is 0 Å². The molecular formula is C27H33NO7. The average molecular weight is 484 g/mol. The maximum absolute atomic E-state index is 13.8. The SMILES string of the molecule is Cc1cc(C(C)(C)C)c(O)c2c1C[C@H]1C[C@H]3[C@H](C(C)C)C(=O)C(C(N)=O)C(=O)[C@@]3(O)C(=O)C1C2=O. The summed E-state index contributed by atoms with van der Waals surface area (Å²) in [6.45, 7) is 11.0. The number of aliphatic hydroxyl groups is 1. The van der Waals surface area contributed by atoms with Crippen molar-refractivity contribution in [2.24, 2.45) is 41.2 Å². The Hall–Kier alpha value is -2.87. The molecule has 35 heavy (non-hydrogen) atoms. The number of carbonyl (C=O) groups is 5. The van der Waals surface area contributed by atoms with E-state index in [0.717, 1.165) is 5.56 Å². The van der Waals surface area contributed by atoms with E-state index in [2.05, 4.69) is 0 Å². The molecule has 8 nitrogen and oxygen atoms in total. The van der Waals surface area contributed by atoms with Crippen molar-refractivity contribution in [3.05, 3.63) is 28.3 Å². The molecule has 0 aromatic heterocycles. The monoisotopic (exact) mass is 483 g/mol. The van der Waals surface area contributed by atoms with Crippen LogP contribution in [0.4, 0.5) is 0 Å². The van der Waals surface area contributed by atoms with Gasteiger partial charge in [-0.05, 0) is 48.1 Å². The fraction of sp³-hybridized carbons (Fsp3) is 0.593. The van der Waals surface area contributed by atoms with Gasteiger partial charge in [-0.15, -0.1) is 0 Å². The molecule has 2 fully saturated rings. The highest BCUT2D eigenvalue weighted by Crippen LogP contribution is 2.53. The number of nitrogens with two attached hydrogens (primary N) is 1. The van der Waals surface area contributed by atoms with E-state index in [-0.39, 0.29) is 23.7 Å². The van der Waals surface area contributed by atoms with Crippen LogP contribution < -0.4 is 5.73 Å². The fourth-order valence-electron chi connectivity index (χ4n) is 6.68. The lowest BCUT2D eigenvalue weighted by Gasteiger charge is -2.52. The van der Waals surface area contributed by atoms with E-state index in [9.17, 15) is 34.2 Å². The van der Waals surface area contributed by atoms with E-state index in [1.807, 2.05) is 33.8 Å². The molecule has 3 aliphatic carbocycles. The van der Waals surface area contributed by atoms with Crippen LogP contribution in [-0.4, -0.2) is 44.9 Å². The molecular weight excluding hydrogens is 450 g/mol. The van der Waals surface area contributed by atoms with E-state index in [4.69, 9.17) is 5.73 Å². The molecule has 0 bridgehead atoms. The minimum absolute atomic E-state index is 0.0535. The Morgan fingerprint density at radius 1 is 1.14 bits per heavy atom. The number of aromatic hydroxyl groups is 1. The van der Waals surface area contributed by atoms with E-state index < -0.39 is 69.6 Å². The molecule has 0 saturated heterocycles. The van der Waals surface area contributed by atoms with E-state index >= 15 is 0 Å². The molecule has 188 valence electrons. The van der Waals surface area contributed by atoms with Gasteiger partial charge in [-0.1, -0.05) is 40.7 Å². The standard InChI is InChI=1S/C27H33NO7/c1-10(2)16-14-9-12-8-13-11(3)7-15(26(4,5)6)20(29)18(13)22(31)17(12)23(32)27(14,35)24(33)19(21(16)30)25(28)34/h7,10,12,14,16-17,19,29,35H,8-9H2,1-6H3,(H2,28,34)/t12-,14-,16-,17?,19?,27-/m0/s1. The zero-order chi connectivity index (χ0) is 26.4. The molecule has 1 aromatic carbocycles. The van der Waals surface area contributed by atoms with Crippen molar-refractivity contribution in [2.45, 2.75) is 65.4 Å². The molecule has 0 spiro atoms. The number of ketones is 4. The predicted molar refractivity (Wildman–Crippen MR) is 126 cm³/mol. The Kier molecular flexibility index (Phi) is 5.63. The quantitative estimate of drug-likeness (QED) is 0.543. The zero-order valence-electron chi connectivity index (χ0n) is 21.0. The highest BCUT2D eigenvalue weighted by atomic mass is 16.3. The first-order chi connectivity index (χ1) is 16.0. The third-order valence-corrected chi connectivity index (χ3v) is 8.34. The highest BCUT2D eigenvalue weighted by Gasteiger charge is 2.69. The van der Waals surface area contributed by atoms with Gasteiger partial charge < -0.3 is 15.9 Å². The molecule has 2 unspecified atom stereocenters. The Balaban J connectivity index is 1.90. The maximum Gasteiger partial charge on any atom is 0.235 e. The average Bonchev–Trinajstić information content (AvgIpc) is 2.71. The van der Waals surface area contributed by atoms with Crippen molar-refractivity contribution >= 4 is 29.0 Å². The molecule has 0 radical (unpaired) electrons. The molecule has 2 saturated carbocycles. The van der Waals surface area contributed by atoms with Gasteiger partial charge in [0.2, 0.25) is 5.91 Å². The largest absolute Gasteiger partial charge is 0.507 e. The molecule has 4 rings (SSSR count). The lowest BCUT2D eigenvalue weighted by Crippen LogP contribution is -2.71. The number of hydrogen-bond donors (Lipinski definition) is 3. The topological polar surface area (TPSA) is 152 Å². The number of fused-ring (bicyclic) bond motifs is 3. The summed E-state index contributed by atoms with van der Waals surface area (Å²) in [5.41, 5.74) is 4.29. The minimum Gasteiger partial charge on any atom is -0.507 e. The predicted octanol–water partition coefficient (Wildman–Crippen LogP) is 1.81. The number of phenols is 1. The number of rotatable bonds is 2. The number of aryl methyl sites for hydroxylation is 1. The summed E-state index contributed by atoms with van der Waals surface area (Å²) in [6, 6.07) is 1.85. The molecule has 0 heterocycles. The van der Waals surface area contributed by atoms with Gasteiger partial charge in [-0.2, -0.15) is 0 Å². The molecule has 8 heteroatoms. The van der Waals surface area contributed by atoms with Crippen molar-refractivity contribution in [3.8, 4) is 5.75 Å². The highest BCUT2D eigenvalue weighted by molar-refractivity contribution is 6.31. The normalized spacial score (nSPS) is 32.9. The molecule has 0 aliphatic heterocycles. The Morgan fingerprint density at radius 2 is 1.74 bits per heavy atom. The van der Waals surface area contributed by atoms with Crippen molar-refractivity contribution in [2.75, 3.05) is 0 Å². The number of benzene rings is 1. The van der Waals surface area contributed by atoms with Crippen LogP contribution in [0.3, 0.4) is 0 Å². The van der Waals surface area contributed by atoms with Gasteiger partial charge in [-0.3, -0.25) is 24.0 Å². The Morgan fingerprint density at radius 3 is 2.26 bits per heavy atom. The summed E-state index contributed by atoms with van der Waals surface area (Å²) < 4.78 is 0. The van der Waals surface area contributed by atoms with Gasteiger partial charge >= 0.3 is 0 Å². The number of Topliss-reactive ketones (excluding diaryl/α,β-unsaturated/α-hetero) is 4. The van der Waals surface area contributed by atoms with Gasteiger partial charge in [0.1, 0.15) is 5.75 Å². The zero-order valence-corrected chi connectivity index (χ0v) is 21.0. The molecule has 1 amide bonds. The number of hydrogen-bond acceptors (Lipinski definition) is 7. The van der Waals surface area contributed by atoms with E-state index in [1.165, 1.54) is 0 Å². The van der Waals surface area contributed by atoms with Crippen molar-refractivity contribution < 1.29 is 34.2 Å². The summed E-state index contributed by atoms with van der Waals surface area (Å²) in [5.74, 6) is -11.1. The van der Waals surface area contributed by atoms with Gasteiger partial charge in [0.05, 0.1) is 11.5 Å². The third kappa shape index (κ3) is 3.33. The molecule has 3 aliphatic rings. The first-order valence-corrected chi connectivity index (χ1v) is 12.1. The lowest BCUT2D eigenvalue weighted by molar-refractivity contribution is -0.182. The van der Waals surface area contributed by atoms with E-state index in [1.54, 1.807) is 13.8 Å². The maximum atomic E-state index is 13.8.